The number of nitrogens with zero attached hydrogens (tertiary/aromatic N) is 6. The SMILES string of the molecule is CC(C)(C)c1cc(-c2ccc(F)cc2)nn2cc(C(=O)N3CCN(C(=O)c4ccno4)CC3(C)C)nc12. The minimum absolute atomic E-state index is 0.175. The van der Waals surface area contributed by atoms with E-state index in [2.05, 4.69) is 31.0 Å². The number of benzene rings is 1. The van der Waals surface area contributed by atoms with Gasteiger partial charge in [0.15, 0.2) is 5.65 Å². The van der Waals surface area contributed by atoms with Gasteiger partial charge in [-0.15, -0.1) is 0 Å². The van der Waals surface area contributed by atoms with E-state index in [1.165, 1.54) is 24.4 Å². The molecule has 5 rings (SSSR count). The molecule has 0 unspecified atom stereocenters. The van der Waals surface area contributed by atoms with Gasteiger partial charge in [-0.2, -0.15) is 5.10 Å². The Balaban J connectivity index is 1.47. The van der Waals surface area contributed by atoms with Crippen molar-refractivity contribution >= 4 is 17.5 Å². The summed E-state index contributed by atoms with van der Waals surface area (Å²) in [7, 11) is 0. The van der Waals surface area contributed by atoms with Crippen molar-refractivity contribution in [2.75, 3.05) is 19.6 Å². The average molecular weight is 505 g/mol. The van der Waals surface area contributed by atoms with E-state index in [4.69, 9.17) is 9.51 Å². The highest BCUT2D eigenvalue weighted by atomic mass is 19.1. The van der Waals surface area contributed by atoms with E-state index in [0.717, 1.165) is 11.1 Å². The monoisotopic (exact) mass is 504 g/mol. The van der Waals surface area contributed by atoms with E-state index in [-0.39, 0.29) is 34.5 Å². The fourth-order valence-corrected chi connectivity index (χ4v) is 4.72. The molecule has 4 aromatic rings. The predicted octanol–water partition coefficient (Wildman–Crippen LogP) is 4.20. The maximum Gasteiger partial charge on any atom is 0.292 e. The average Bonchev–Trinajstić information content (AvgIpc) is 3.52. The van der Waals surface area contributed by atoms with Crippen molar-refractivity contribution in [3.63, 3.8) is 0 Å². The third-order valence-electron chi connectivity index (χ3n) is 6.68. The minimum atomic E-state index is -0.639. The maximum atomic E-state index is 13.7. The maximum absolute atomic E-state index is 13.7. The fourth-order valence-electron chi connectivity index (χ4n) is 4.72. The van der Waals surface area contributed by atoms with Gasteiger partial charge in [-0.05, 0) is 49.6 Å². The first-order chi connectivity index (χ1) is 17.4. The molecule has 0 radical (unpaired) electrons. The fraction of sp³-hybridized carbons (Fsp3) is 0.370. The zero-order valence-electron chi connectivity index (χ0n) is 21.5. The van der Waals surface area contributed by atoms with Gasteiger partial charge in [0, 0.05) is 36.8 Å². The molecule has 10 heteroatoms. The van der Waals surface area contributed by atoms with E-state index in [9.17, 15) is 14.0 Å². The summed E-state index contributed by atoms with van der Waals surface area (Å²) in [4.78, 5) is 34.6. The quantitative estimate of drug-likeness (QED) is 0.415. The van der Waals surface area contributed by atoms with E-state index < -0.39 is 5.54 Å². The summed E-state index contributed by atoms with van der Waals surface area (Å²) in [6.07, 6.45) is 3.07. The number of aromatic nitrogens is 4. The van der Waals surface area contributed by atoms with Crippen LogP contribution in [0.2, 0.25) is 0 Å². The first-order valence-corrected chi connectivity index (χ1v) is 12.1. The molecular formula is C27H29FN6O3. The normalized spacial score (nSPS) is 15.8. The van der Waals surface area contributed by atoms with Crippen LogP contribution in [0.3, 0.4) is 0 Å². The van der Waals surface area contributed by atoms with Crippen molar-refractivity contribution in [2.24, 2.45) is 0 Å². The van der Waals surface area contributed by atoms with Gasteiger partial charge in [-0.1, -0.05) is 25.9 Å². The summed E-state index contributed by atoms with van der Waals surface area (Å²) in [5.41, 5.74) is 2.30. The second-order valence-electron chi connectivity index (χ2n) is 11.0. The first-order valence-electron chi connectivity index (χ1n) is 12.1. The van der Waals surface area contributed by atoms with Crippen molar-refractivity contribution in [3.8, 4) is 11.3 Å². The third-order valence-corrected chi connectivity index (χ3v) is 6.68. The molecule has 1 aliphatic heterocycles. The standard InChI is InChI=1S/C27H29FN6O3/c1-26(2,3)19-14-20(17-6-8-18(28)9-7-17)31-34-15-21(30-23(19)34)24(35)33-13-12-32(16-27(33,4)5)25(36)22-10-11-29-37-22/h6-11,14-15H,12-13,16H2,1-5H3. The van der Waals surface area contributed by atoms with Gasteiger partial charge in [-0.25, -0.2) is 13.9 Å². The first kappa shape index (κ1) is 24.6. The summed E-state index contributed by atoms with van der Waals surface area (Å²) in [6.45, 7) is 11.1. The summed E-state index contributed by atoms with van der Waals surface area (Å²) >= 11 is 0. The van der Waals surface area contributed by atoms with Gasteiger partial charge >= 0.3 is 0 Å². The number of carbonyl (C=O) groups is 2. The molecule has 0 saturated carbocycles. The Morgan fingerprint density at radius 1 is 1.05 bits per heavy atom. The summed E-state index contributed by atoms with van der Waals surface area (Å²) in [6, 6.07) is 9.64. The number of hydrogen-bond acceptors (Lipinski definition) is 6. The molecule has 3 aromatic heterocycles. The molecule has 0 N–H and O–H groups in total. The number of fused-ring (bicyclic) bond motifs is 1. The predicted molar refractivity (Wildman–Crippen MR) is 135 cm³/mol. The lowest BCUT2D eigenvalue weighted by Crippen LogP contribution is -2.62. The largest absolute Gasteiger partial charge is 0.351 e. The van der Waals surface area contributed by atoms with Crippen LogP contribution in [-0.2, 0) is 5.41 Å². The molecular weight excluding hydrogens is 475 g/mol. The summed E-state index contributed by atoms with van der Waals surface area (Å²) in [5.74, 6) is -0.626. The van der Waals surface area contributed by atoms with E-state index >= 15 is 0 Å². The summed E-state index contributed by atoms with van der Waals surface area (Å²) < 4.78 is 20.1. The van der Waals surface area contributed by atoms with Crippen LogP contribution in [0.5, 0.6) is 0 Å². The van der Waals surface area contributed by atoms with E-state index in [1.807, 2.05) is 19.9 Å². The number of halogens is 1. The molecule has 2 amide bonds. The van der Waals surface area contributed by atoms with Gasteiger partial charge in [-0.3, -0.25) is 9.59 Å². The van der Waals surface area contributed by atoms with Crippen LogP contribution in [0.15, 0.2) is 53.3 Å². The molecule has 192 valence electrons. The lowest BCUT2D eigenvalue weighted by Gasteiger charge is -2.46. The number of imidazole rings is 1. The van der Waals surface area contributed by atoms with Crippen molar-refractivity contribution in [3.05, 3.63) is 71.6 Å². The molecule has 0 atom stereocenters. The van der Waals surface area contributed by atoms with Gasteiger partial charge in [0.2, 0.25) is 5.76 Å². The molecule has 0 spiro atoms. The minimum Gasteiger partial charge on any atom is -0.351 e. The Hall–Kier alpha value is -4.08. The number of amides is 2. The van der Waals surface area contributed by atoms with Crippen LogP contribution >= 0.6 is 0 Å². The Kier molecular flexibility index (Phi) is 5.85. The molecule has 0 aliphatic carbocycles. The van der Waals surface area contributed by atoms with Crippen molar-refractivity contribution in [1.82, 2.24) is 29.6 Å². The Labute approximate surface area is 213 Å². The number of hydrogen-bond donors (Lipinski definition) is 0. The Morgan fingerprint density at radius 2 is 1.78 bits per heavy atom. The van der Waals surface area contributed by atoms with Crippen LogP contribution < -0.4 is 0 Å². The number of rotatable bonds is 3. The van der Waals surface area contributed by atoms with Crippen LogP contribution in [0.1, 0.15) is 61.2 Å². The van der Waals surface area contributed by atoms with Crippen molar-refractivity contribution in [1.29, 1.82) is 0 Å². The van der Waals surface area contributed by atoms with Gasteiger partial charge in [0.1, 0.15) is 11.5 Å². The van der Waals surface area contributed by atoms with Crippen LogP contribution in [-0.4, -0.2) is 66.5 Å². The Bertz CT molecular complexity index is 1470. The molecule has 4 heterocycles. The third kappa shape index (κ3) is 4.59. The van der Waals surface area contributed by atoms with Crippen LogP contribution in [0.4, 0.5) is 4.39 Å². The van der Waals surface area contributed by atoms with Crippen molar-refractivity contribution in [2.45, 2.75) is 45.6 Å². The second kappa shape index (κ2) is 8.79. The number of piperazine rings is 1. The van der Waals surface area contributed by atoms with E-state index in [1.54, 1.807) is 32.6 Å². The van der Waals surface area contributed by atoms with E-state index in [0.29, 0.717) is 31.0 Å². The second-order valence-corrected chi connectivity index (χ2v) is 11.0. The summed E-state index contributed by atoms with van der Waals surface area (Å²) in [5, 5.41) is 8.30. The lowest BCUT2D eigenvalue weighted by atomic mass is 9.87. The number of carbonyl (C=O) groups excluding carboxylic acids is 2. The highest BCUT2D eigenvalue weighted by molar-refractivity contribution is 5.95. The molecule has 1 aliphatic rings. The highest BCUT2D eigenvalue weighted by Crippen LogP contribution is 2.31. The molecule has 1 saturated heterocycles. The molecule has 1 fully saturated rings. The molecule has 37 heavy (non-hydrogen) atoms. The van der Waals surface area contributed by atoms with Crippen LogP contribution in [0.25, 0.3) is 16.9 Å². The molecule has 1 aromatic carbocycles. The van der Waals surface area contributed by atoms with Gasteiger partial charge in [0.05, 0.1) is 23.6 Å². The van der Waals surface area contributed by atoms with Gasteiger partial charge in [0.25, 0.3) is 11.8 Å². The van der Waals surface area contributed by atoms with Crippen LogP contribution in [0, 0.1) is 5.82 Å². The topological polar surface area (TPSA) is 96.8 Å². The Morgan fingerprint density at radius 3 is 2.41 bits per heavy atom. The molecule has 0 bridgehead atoms. The zero-order valence-corrected chi connectivity index (χ0v) is 21.5. The molecule has 9 nitrogen and oxygen atoms in total. The lowest BCUT2D eigenvalue weighted by molar-refractivity contribution is 0.0150. The van der Waals surface area contributed by atoms with Gasteiger partial charge < -0.3 is 14.3 Å². The van der Waals surface area contributed by atoms with Crippen molar-refractivity contribution < 1.29 is 18.5 Å². The highest BCUT2D eigenvalue weighted by Gasteiger charge is 2.40. The smallest absolute Gasteiger partial charge is 0.292 e. The zero-order chi connectivity index (χ0) is 26.5.